The predicted octanol–water partition coefficient (Wildman–Crippen LogP) is 2.84. The quantitative estimate of drug-likeness (QED) is 0.843. The molecule has 130 valence electrons. The van der Waals surface area contributed by atoms with Gasteiger partial charge >= 0.3 is 6.09 Å². The van der Waals surface area contributed by atoms with Crippen molar-refractivity contribution in [3.05, 3.63) is 71.3 Å². The SMILES string of the molecule is N#Cc1ccc(/C=C\C(=O)NCc2cccc(N3CCOC3=O)c2)cc1. The van der Waals surface area contributed by atoms with Crippen LogP contribution in [0.15, 0.2) is 54.6 Å². The molecule has 0 aliphatic carbocycles. The summed E-state index contributed by atoms with van der Waals surface area (Å²) in [6.45, 7) is 1.27. The fraction of sp³-hybridized carbons (Fsp3) is 0.150. The van der Waals surface area contributed by atoms with Gasteiger partial charge in [0, 0.05) is 18.3 Å². The second-order valence-electron chi connectivity index (χ2n) is 5.72. The van der Waals surface area contributed by atoms with Crippen LogP contribution >= 0.6 is 0 Å². The highest BCUT2D eigenvalue weighted by molar-refractivity contribution is 5.92. The van der Waals surface area contributed by atoms with Gasteiger partial charge in [-0.1, -0.05) is 24.3 Å². The number of ether oxygens (including phenoxy) is 1. The number of anilines is 1. The lowest BCUT2D eigenvalue weighted by Gasteiger charge is -2.13. The van der Waals surface area contributed by atoms with Gasteiger partial charge in [-0.05, 0) is 41.5 Å². The summed E-state index contributed by atoms with van der Waals surface area (Å²) in [6, 6.07) is 16.4. The number of benzene rings is 2. The van der Waals surface area contributed by atoms with E-state index >= 15 is 0 Å². The Balaban J connectivity index is 1.56. The number of carbonyl (C=O) groups excluding carboxylic acids is 2. The molecule has 0 atom stereocenters. The van der Waals surface area contributed by atoms with E-state index in [0.29, 0.717) is 25.3 Å². The molecule has 6 nitrogen and oxygen atoms in total. The monoisotopic (exact) mass is 347 g/mol. The number of nitrogens with one attached hydrogen (secondary N) is 1. The predicted molar refractivity (Wildman–Crippen MR) is 97.2 cm³/mol. The highest BCUT2D eigenvalue weighted by Gasteiger charge is 2.23. The van der Waals surface area contributed by atoms with Crippen LogP contribution in [0.2, 0.25) is 0 Å². The average molecular weight is 347 g/mol. The molecular formula is C20H17N3O3. The second-order valence-corrected chi connectivity index (χ2v) is 5.72. The van der Waals surface area contributed by atoms with E-state index in [9.17, 15) is 9.59 Å². The normalized spacial score (nSPS) is 13.5. The summed E-state index contributed by atoms with van der Waals surface area (Å²) in [4.78, 5) is 25.2. The number of nitrogens with zero attached hydrogens (tertiary/aromatic N) is 2. The van der Waals surface area contributed by atoms with Crippen molar-refractivity contribution >= 4 is 23.8 Å². The van der Waals surface area contributed by atoms with Gasteiger partial charge < -0.3 is 10.1 Å². The maximum Gasteiger partial charge on any atom is 0.414 e. The Morgan fingerprint density at radius 3 is 2.77 bits per heavy atom. The van der Waals surface area contributed by atoms with E-state index in [1.807, 2.05) is 30.3 Å². The summed E-state index contributed by atoms with van der Waals surface area (Å²) in [6.07, 6.45) is 2.78. The molecule has 0 aromatic heterocycles. The molecule has 1 fully saturated rings. The zero-order chi connectivity index (χ0) is 18.4. The molecule has 1 aliphatic heterocycles. The van der Waals surface area contributed by atoms with E-state index in [2.05, 4.69) is 5.32 Å². The van der Waals surface area contributed by atoms with Gasteiger partial charge in [-0.25, -0.2) is 4.79 Å². The summed E-state index contributed by atoms with van der Waals surface area (Å²) in [5.74, 6) is -0.222. The molecule has 1 aliphatic rings. The Morgan fingerprint density at radius 2 is 2.08 bits per heavy atom. The second kappa shape index (κ2) is 7.99. The van der Waals surface area contributed by atoms with Crippen molar-refractivity contribution in [1.29, 1.82) is 5.26 Å². The number of amides is 2. The van der Waals surface area contributed by atoms with Crippen LogP contribution in [0.25, 0.3) is 6.08 Å². The van der Waals surface area contributed by atoms with Crippen molar-refractivity contribution in [3.63, 3.8) is 0 Å². The van der Waals surface area contributed by atoms with E-state index in [1.165, 1.54) is 6.08 Å². The Hall–Kier alpha value is -3.59. The van der Waals surface area contributed by atoms with Crippen molar-refractivity contribution in [3.8, 4) is 6.07 Å². The first-order valence-corrected chi connectivity index (χ1v) is 8.15. The van der Waals surface area contributed by atoms with E-state index in [1.54, 1.807) is 35.2 Å². The average Bonchev–Trinajstić information content (AvgIpc) is 3.11. The summed E-state index contributed by atoms with van der Waals surface area (Å²) >= 11 is 0. The first-order chi connectivity index (χ1) is 12.7. The molecule has 0 saturated carbocycles. The molecule has 2 aromatic carbocycles. The molecular weight excluding hydrogens is 330 g/mol. The number of carbonyl (C=O) groups is 2. The Bertz CT molecular complexity index is 882. The van der Waals surface area contributed by atoms with Crippen molar-refractivity contribution in [2.75, 3.05) is 18.1 Å². The van der Waals surface area contributed by atoms with Crippen molar-refractivity contribution in [2.45, 2.75) is 6.54 Å². The lowest BCUT2D eigenvalue weighted by Crippen LogP contribution is -2.24. The summed E-state index contributed by atoms with van der Waals surface area (Å²) in [7, 11) is 0. The zero-order valence-electron chi connectivity index (χ0n) is 14.0. The molecule has 0 bridgehead atoms. The molecule has 1 N–H and O–H groups in total. The number of cyclic esters (lactones) is 1. The van der Waals surface area contributed by atoms with Gasteiger partial charge in [0.05, 0.1) is 18.2 Å². The molecule has 3 rings (SSSR count). The van der Waals surface area contributed by atoms with Crippen LogP contribution in [-0.4, -0.2) is 25.2 Å². The van der Waals surface area contributed by atoms with Gasteiger partial charge in [-0.15, -0.1) is 0 Å². The van der Waals surface area contributed by atoms with Crippen molar-refractivity contribution in [1.82, 2.24) is 5.32 Å². The number of nitriles is 1. The largest absolute Gasteiger partial charge is 0.447 e. The van der Waals surface area contributed by atoms with Crippen molar-refractivity contribution in [2.24, 2.45) is 0 Å². The lowest BCUT2D eigenvalue weighted by molar-refractivity contribution is -0.116. The van der Waals surface area contributed by atoms with Gasteiger partial charge in [0.1, 0.15) is 6.61 Å². The van der Waals surface area contributed by atoms with Crippen molar-refractivity contribution < 1.29 is 14.3 Å². The summed E-state index contributed by atoms with van der Waals surface area (Å²) in [5, 5.41) is 11.6. The fourth-order valence-corrected chi connectivity index (χ4v) is 2.55. The van der Waals surface area contributed by atoms with Crippen LogP contribution in [0.3, 0.4) is 0 Å². The van der Waals surface area contributed by atoms with Gasteiger partial charge in [0.15, 0.2) is 0 Å². The van der Waals surface area contributed by atoms with E-state index in [4.69, 9.17) is 10.00 Å². The molecule has 0 unspecified atom stereocenters. The highest BCUT2D eigenvalue weighted by atomic mass is 16.6. The molecule has 2 aromatic rings. The van der Waals surface area contributed by atoms with Crippen LogP contribution in [0.1, 0.15) is 16.7 Å². The van der Waals surface area contributed by atoms with Crippen LogP contribution in [0.5, 0.6) is 0 Å². The van der Waals surface area contributed by atoms with Gasteiger partial charge in [0.2, 0.25) is 5.91 Å². The highest BCUT2D eigenvalue weighted by Crippen LogP contribution is 2.19. The summed E-state index contributed by atoms with van der Waals surface area (Å²) in [5.41, 5.74) is 3.07. The Kier molecular flexibility index (Phi) is 5.30. The minimum absolute atomic E-state index is 0.222. The van der Waals surface area contributed by atoms with E-state index in [0.717, 1.165) is 16.8 Å². The number of hydrogen-bond acceptors (Lipinski definition) is 4. The molecule has 6 heteroatoms. The smallest absolute Gasteiger partial charge is 0.414 e. The van der Waals surface area contributed by atoms with Gasteiger partial charge in [-0.2, -0.15) is 5.26 Å². The Labute approximate surface area is 151 Å². The molecule has 0 spiro atoms. The first-order valence-electron chi connectivity index (χ1n) is 8.15. The van der Waals surface area contributed by atoms with Crippen LogP contribution in [0.4, 0.5) is 10.5 Å². The molecule has 1 heterocycles. The number of rotatable bonds is 5. The minimum Gasteiger partial charge on any atom is -0.447 e. The molecule has 0 radical (unpaired) electrons. The first kappa shape index (κ1) is 17.2. The molecule has 26 heavy (non-hydrogen) atoms. The standard InChI is InChI=1S/C20H17N3O3/c21-13-16-6-4-15(5-7-16)8-9-19(24)22-14-17-2-1-3-18(12-17)23-10-11-26-20(23)25/h1-9,12H,10-11,14H2,(H,22,24)/b9-8-. The summed E-state index contributed by atoms with van der Waals surface area (Å²) < 4.78 is 4.94. The fourth-order valence-electron chi connectivity index (χ4n) is 2.55. The Morgan fingerprint density at radius 1 is 1.27 bits per heavy atom. The van der Waals surface area contributed by atoms with Crippen LogP contribution in [0, 0.1) is 11.3 Å². The minimum atomic E-state index is -0.350. The lowest BCUT2D eigenvalue weighted by atomic mass is 10.1. The third kappa shape index (κ3) is 4.28. The third-order valence-electron chi connectivity index (χ3n) is 3.92. The topological polar surface area (TPSA) is 82.4 Å². The van der Waals surface area contributed by atoms with E-state index < -0.39 is 0 Å². The molecule has 1 saturated heterocycles. The van der Waals surface area contributed by atoms with Gasteiger partial charge in [0.25, 0.3) is 0 Å². The maximum atomic E-state index is 12.0. The van der Waals surface area contributed by atoms with E-state index in [-0.39, 0.29) is 12.0 Å². The third-order valence-corrected chi connectivity index (χ3v) is 3.92. The molecule has 2 amide bonds. The van der Waals surface area contributed by atoms with Gasteiger partial charge in [-0.3, -0.25) is 9.69 Å². The van der Waals surface area contributed by atoms with Crippen LogP contribution < -0.4 is 10.2 Å². The maximum absolute atomic E-state index is 12.0. The zero-order valence-corrected chi connectivity index (χ0v) is 14.0. The number of hydrogen-bond donors (Lipinski definition) is 1. The van der Waals surface area contributed by atoms with Crippen LogP contribution in [-0.2, 0) is 16.1 Å².